The number of nitrogens with two attached hydrogens (primary N) is 1. The number of nitriles is 1. The van der Waals surface area contributed by atoms with Gasteiger partial charge in [0.1, 0.15) is 17.2 Å². The second kappa shape index (κ2) is 5.94. The van der Waals surface area contributed by atoms with Crippen molar-refractivity contribution >= 4 is 22.6 Å². The zero-order chi connectivity index (χ0) is 19.4. The molecule has 8 heteroatoms. The average molecular weight is 395 g/mol. The Morgan fingerprint density at radius 1 is 1.14 bits per heavy atom. The summed E-state index contributed by atoms with van der Waals surface area (Å²) >= 11 is 6.54. The van der Waals surface area contributed by atoms with Crippen LogP contribution in [0.2, 0.25) is 5.02 Å². The van der Waals surface area contributed by atoms with Crippen molar-refractivity contribution in [2.75, 3.05) is 6.79 Å². The fourth-order valence-electron chi connectivity index (χ4n) is 3.55. The molecule has 3 heterocycles. The van der Waals surface area contributed by atoms with E-state index in [2.05, 4.69) is 0 Å². The summed E-state index contributed by atoms with van der Waals surface area (Å²) in [5.41, 5.74) is 6.46. The van der Waals surface area contributed by atoms with Gasteiger partial charge in [-0.05, 0) is 23.8 Å². The smallest absolute Gasteiger partial charge is 0.344 e. The highest BCUT2D eigenvalue weighted by Gasteiger charge is 2.38. The van der Waals surface area contributed by atoms with Crippen LogP contribution in [0.25, 0.3) is 11.0 Å². The van der Waals surface area contributed by atoms with Crippen LogP contribution in [0.1, 0.15) is 17.0 Å². The van der Waals surface area contributed by atoms with Gasteiger partial charge in [-0.25, -0.2) is 4.79 Å². The number of ether oxygens (including phenoxy) is 3. The molecule has 2 aromatic carbocycles. The van der Waals surface area contributed by atoms with Gasteiger partial charge >= 0.3 is 5.63 Å². The molecule has 2 N–H and O–H groups in total. The highest BCUT2D eigenvalue weighted by atomic mass is 35.5. The molecule has 138 valence electrons. The van der Waals surface area contributed by atoms with Gasteiger partial charge in [0.15, 0.2) is 17.2 Å². The van der Waals surface area contributed by atoms with Crippen LogP contribution in [0.4, 0.5) is 0 Å². The number of rotatable bonds is 1. The van der Waals surface area contributed by atoms with E-state index in [0.717, 1.165) is 0 Å². The fourth-order valence-corrected chi connectivity index (χ4v) is 3.87. The number of allylic oxidation sites excluding steroid dienone is 1. The zero-order valence-electron chi connectivity index (χ0n) is 14.2. The third-order valence-electron chi connectivity index (χ3n) is 4.79. The quantitative estimate of drug-likeness (QED) is 0.630. The molecule has 0 aliphatic carbocycles. The maximum atomic E-state index is 12.9. The summed E-state index contributed by atoms with van der Waals surface area (Å²) in [4.78, 5) is 12.9. The highest BCUT2D eigenvalue weighted by molar-refractivity contribution is 6.33. The first kappa shape index (κ1) is 16.5. The van der Waals surface area contributed by atoms with E-state index in [-0.39, 0.29) is 34.6 Å². The number of benzene rings is 2. The molecule has 28 heavy (non-hydrogen) atoms. The molecular formula is C20H11ClN2O5. The second-order valence-corrected chi connectivity index (χ2v) is 6.63. The number of para-hydroxylation sites is 1. The van der Waals surface area contributed by atoms with Crippen LogP contribution in [0.3, 0.4) is 0 Å². The highest BCUT2D eigenvalue weighted by Crippen LogP contribution is 2.49. The Labute approximate surface area is 163 Å². The van der Waals surface area contributed by atoms with Gasteiger partial charge in [-0.3, -0.25) is 0 Å². The van der Waals surface area contributed by atoms with E-state index >= 15 is 0 Å². The van der Waals surface area contributed by atoms with Crippen LogP contribution < -0.4 is 25.6 Å². The van der Waals surface area contributed by atoms with Gasteiger partial charge in [-0.1, -0.05) is 29.8 Å². The van der Waals surface area contributed by atoms with Crippen molar-refractivity contribution < 1.29 is 18.6 Å². The summed E-state index contributed by atoms with van der Waals surface area (Å²) < 4.78 is 21.9. The second-order valence-electron chi connectivity index (χ2n) is 6.26. The van der Waals surface area contributed by atoms with Crippen LogP contribution in [0.15, 0.2) is 57.1 Å². The van der Waals surface area contributed by atoms with Crippen LogP contribution in [0, 0.1) is 11.3 Å². The lowest BCUT2D eigenvalue weighted by Gasteiger charge is -2.26. The van der Waals surface area contributed by atoms with Crippen LogP contribution in [0.5, 0.6) is 17.2 Å². The predicted octanol–water partition coefficient (Wildman–Crippen LogP) is 3.39. The molecule has 0 saturated heterocycles. The molecule has 0 spiro atoms. The minimum absolute atomic E-state index is 0.0404. The summed E-state index contributed by atoms with van der Waals surface area (Å²) in [6.45, 7) is 0.0404. The number of hydrogen-bond acceptors (Lipinski definition) is 7. The minimum atomic E-state index is -0.864. The summed E-state index contributed by atoms with van der Waals surface area (Å²) in [6, 6.07) is 12.3. The first-order valence-corrected chi connectivity index (χ1v) is 8.69. The summed E-state index contributed by atoms with van der Waals surface area (Å²) in [7, 11) is 0. The van der Waals surface area contributed by atoms with E-state index in [9.17, 15) is 10.1 Å². The average Bonchev–Trinajstić information content (AvgIpc) is 3.17. The van der Waals surface area contributed by atoms with Gasteiger partial charge in [0.2, 0.25) is 12.7 Å². The molecule has 5 rings (SSSR count). The normalized spacial score (nSPS) is 17.2. The molecule has 0 bridgehead atoms. The van der Waals surface area contributed by atoms with E-state index < -0.39 is 11.5 Å². The monoisotopic (exact) mass is 394 g/mol. The van der Waals surface area contributed by atoms with Gasteiger partial charge in [0, 0.05) is 0 Å². The molecular weight excluding hydrogens is 384 g/mol. The van der Waals surface area contributed by atoms with Crippen LogP contribution >= 0.6 is 11.6 Å². The fraction of sp³-hybridized carbons (Fsp3) is 0.100. The van der Waals surface area contributed by atoms with Crippen molar-refractivity contribution in [1.82, 2.24) is 0 Å². The van der Waals surface area contributed by atoms with Crippen molar-refractivity contribution in [3.05, 3.63) is 74.4 Å². The molecule has 7 nitrogen and oxygen atoms in total. The molecule has 0 amide bonds. The largest absolute Gasteiger partial charge is 0.454 e. The van der Waals surface area contributed by atoms with Crippen molar-refractivity contribution in [2.24, 2.45) is 5.73 Å². The topological polar surface area (TPSA) is 108 Å². The van der Waals surface area contributed by atoms with Crippen LogP contribution in [-0.2, 0) is 0 Å². The number of nitrogens with zero attached hydrogens (tertiary/aromatic N) is 1. The van der Waals surface area contributed by atoms with E-state index in [1.807, 2.05) is 6.07 Å². The van der Waals surface area contributed by atoms with Crippen molar-refractivity contribution in [2.45, 2.75) is 5.92 Å². The first-order chi connectivity index (χ1) is 13.6. The minimum Gasteiger partial charge on any atom is -0.454 e. The Morgan fingerprint density at radius 3 is 2.79 bits per heavy atom. The van der Waals surface area contributed by atoms with Gasteiger partial charge in [0.25, 0.3) is 0 Å². The molecule has 1 aromatic heterocycles. The van der Waals surface area contributed by atoms with Gasteiger partial charge < -0.3 is 24.4 Å². The Hall–Kier alpha value is -3.63. The standard InChI is InChI=1S/C20H11ClN2O5/c21-16-10(5-6-13-18(16)26-8-25-13)14-11(7-22)19(23)28-17-9-3-1-2-4-12(9)27-20(24)15(14)17/h1-6,14H,8,23H2/t14-/m0/s1. The Bertz CT molecular complexity index is 1290. The Morgan fingerprint density at radius 2 is 1.96 bits per heavy atom. The van der Waals surface area contributed by atoms with Gasteiger partial charge in [-0.15, -0.1) is 0 Å². The van der Waals surface area contributed by atoms with Gasteiger partial charge in [0.05, 0.1) is 21.9 Å². The maximum Gasteiger partial charge on any atom is 0.344 e. The van der Waals surface area contributed by atoms with E-state index in [4.69, 9.17) is 36.0 Å². The molecule has 2 aliphatic rings. The summed E-state index contributed by atoms with van der Waals surface area (Å²) in [6.07, 6.45) is 0. The SMILES string of the molecule is N#CC1=C(N)Oc2c(c(=O)oc3ccccc23)[C@H]1c1ccc2c(c1Cl)OCO2. The predicted molar refractivity (Wildman–Crippen MR) is 99.4 cm³/mol. The Balaban J connectivity index is 1.85. The van der Waals surface area contributed by atoms with E-state index in [0.29, 0.717) is 28.0 Å². The molecule has 2 aliphatic heterocycles. The van der Waals surface area contributed by atoms with Crippen LogP contribution in [-0.4, -0.2) is 6.79 Å². The molecule has 0 radical (unpaired) electrons. The van der Waals surface area contributed by atoms with Crippen molar-refractivity contribution in [3.63, 3.8) is 0 Å². The van der Waals surface area contributed by atoms with Crippen molar-refractivity contribution in [1.29, 1.82) is 5.26 Å². The molecule has 1 atom stereocenters. The molecule has 0 saturated carbocycles. The lowest BCUT2D eigenvalue weighted by atomic mass is 9.83. The number of fused-ring (bicyclic) bond motifs is 4. The maximum absolute atomic E-state index is 12.9. The Kier molecular flexibility index (Phi) is 3.51. The van der Waals surface area contributed by atoms with Crippen molar-refractivity contribution in [3.8, 4) is 23.3 Å². The molecule has 0 fully saturated rings. The third-order valence-corrected chi connectivity index (χ3v) is 5.18. The van der Waals surface area contributed by atoms with E-state index in [1.165, 1.54) is 0 Å². The lowest BCUT2D eigenvalue weighted by Crippen LogP contribution is -2.26. The lowest BCUT2D eigenvalue weighted by molar-refractivity contribution is 0.174. The number of hydrogen-bond donors (Lipinski definition) is 1. The summed E-state index contributed by atoms with van der Waals surface area (Å²) in [5.74, 6) is 0.137. The molecule has 0 unspecified atom stereocenters. The van der Waals surface area contributed by atoms with E-state index in [1.54, 1.807) is 36.4 Å². The van der Waals surface area contributed by atoms with Gasteiger partial charge in [-0.2, -0.15) is 5.26 Å². The molecule has 3 aromatic rings. The summed E-state index contributed by atoms with van der Waals surface area (Å²) in [5, 5.41) is 10.5. The number of halogens is 1. The first-order valence-electron chi connectivity index (χ1n) is 8.31. The third kappa shape index (κ3) is 2.19. The zero-order valence-corrected chi connectivity index (χ0v) is 14.9.